The maximum absolute atomic E-state index is 4.01. The van der Waals surface area contributed by atoms with Crippen molar-refractivity contribution in [1.29, 1.82) is 0 Å². The van der Waals surface area contributed by atoms with Gasteiger partial charge >= 0.3 is 0 Å². The number of nitrogens with zero attached hydrogens (tertiary/aromatic N) is 1. The highest BCUT2D eigenvalue weighted by atomic mass is 35.5. The number of aryl methyl sites for hydroxylation is 2. The number of aromatic amines is 1. The normalized spacial score (nSPS) is 9.73. The van der Waals surface area contributed by atoms with Gasteiger partial charge in [-0.1, -0.05) is 23.8 Å². The van der Waals surface area contributed by atoms with Crippen LogP contribution in [-0.2, 0) is 6.42 Å². The molecule has 0 radical (unpaired) electrons. The number of hydrogen-bond donors (Lipinski definition) is 1. The van der Waals surface area contributed by atoms with Gasteiger partial charge in [-0.05, 0) is 25.0 Å². The average molecular weight is 223 g/mol. The number of imidazole rings is 1. The molecule has 0 amide bonds. The van der Waals surface area contributed by atoms with E-state index < -0.39 is 0 Å². The molecule has 80 valence electrons. The molecule has 0 bridgehead atoms. The van der Waals surface area contributed by atoms with Gasteiger partial charge in [-0.15, -0.1) is 12.4 Å². The third-order valence-corrected chi connectivity index (χ3v) is 2.43. The van der Waals surface area contributed by atoms with Gasteiger partial charge in [0.15, 0.2) is 0 Å². The molecular formula is C12H15ClN2. The molecule has 0 unspecified atom stereocenters. The molecule has 15 heavy (non-hydrogen) atoms. The number of halogens is 1. The predicted octanol–water partition coefficient (Wildman–Crippen LogP) is 3.04. The second kappa shape index (κ2) is 4.99. The minimum atomic E-state index is 0. The third kappa shape index (κ3) is 2.83. The van der Waals surface area contributed by atoms with E-state index >= 15 is 0 Å². The van der Waals surface area contributed by atoms with Crippen molar-refractivity contribution in [3.05, 3.63) is 53.1 Å². The minimum Gasteiger partial charge on any atom is -0.348 e. The van der Waals surface area contributed by atoms with Crippen molar-refractivity contribution in [2.75, 3.05) is 0 Å². The SMILES string of the molecule is Cc1ccc(Cc2cnc[nH]2)c(C)c1.Cl. The molecule has 2 nitrogen and oxygen atoms in total. The first-order valence-electron chi connectivity index (χ1n) is 4.79. The van der Waals surface area contributed by atoms with Crippen LogP contribution in [0.15, 0.2) is 30.7 Å². The fourth-order valence-electron chi connectivity index (χ4n) is 1.63. The largest absolute Gasteiger partial charge is 0.348 e. The zero-order valence-electron chi connectivity index (χ0n) is 8.95. The average Bonchev–Trinajstić information content (AvgIpc) is 2.62. The Balaban J connectivity index is 0.00000112. The maximum Gasteiger partial charge on any atom is 0.0921 e. The smallest absolute Gasteiger partial charge is 0.0921 e. The van der Waals surface area contributed by atoms with Gasteiger partial charge in [0.05, 0.1) is 6.33 Å². The summed E-state index contributed by atoms with van der Waals surface area (Å²) in [5.41, 5.74) is 5.19. The lowest BCUT2D eigenvalue weighted by Crippen LogP contribution is -1.92. The predicted molar refractivity (Wildman–Crippen MR) is 64.6 cm³/mol. The lowest BCUT2D eigenvalue weighted by molar-refractivity contribution is 1.08. The Morgan fingerprint density at radius 1 is 1.27 bits per heavy atom. The standard InChI is InChI=1S/C12H14N2.ClH/c1-9-3-4-11(10(2)5-9)6-12-7-13-8-14-12;/h3-5,7-8H,6H2,1-2H3,(H,13,14);1H. The number of rotatable bonds is 2. The molecule has 0 spiro atoms. The van der Waals surface area contributed by atoms with Gasteiger partial charge in [0.2, 0.25) is 0 Å². The summed E-state index contributed by atoms with van der Waals surface area (Å²) in [6.45, 7) is 4.27. The van der Waals surface area contributed by atoms with Gasteiger partial charge in [0.1, 0.15) is 0 Å². The lowest BCUT2D eigenvalue weighted by atomic mass is 10.0. The second-order valence-corrected chi connectivity index (χ2v) is 3.68. The summed E-state index contributed by atoms with van der Waals surface area (Å²) in [6.07, 6.45) is 4.53. The van der Waals surface area contributed by atoms with Gasteiger partial charge in [-0.3, -0.25) is 0 Å². The van der Waals surface area contributed by atoms with Crippen LogP contribution in [0.1, 0.15) is 22.4 Å². The molecule has 2 aromatic rings. The second-order valence-electron chi connectivity index (χ2n) is 3.68. The Morgan fingerprint density at radius 3 is 2.67 bits per heavy atom. The van der Waals surface area contributed by atoms with E-state index in [0.29, 0.717) is 0 Å². The minimum absolute atomic E-state index is 0. The Hall–Kier alpha value is -1.28. The zero-order chi connectivity index (χ0) is 9.97. The first kappa shape index (κ1) is 11.8. The molecule has 0 aliphatic carbocycles. The van der Waals surface area contributed by atoms with Crippen LogP contribution in [-0.4, -0.2) is 9.97 Å². The van der Waals surface area contributed by atoms with E-state index in [1.165, 1.54) is 16.7 Å². The number of benzene rings is 1. The maximum atomic E-state index is 4.01. The quantitative estimate of drug-likeness (QED) is 0.832. The fourth-order valence-corrected chi connectivity index (χ4v) is 1.63. The third-order valence-electron chi connectivity index (χ3n) is 2.43. The molecule has 0 atom stereocenters. The highest BCUT2D eigenvalue weighted by molar-refractivity contribution is 5.85. The van der Waals surface area contributed by atoms with E-state index in [2.05, 4.69) is 42.0 Å². The van der Waals surface area contributed by atoms with Crippen molar-refractivity contribution in [3.8, 4) is 0 Å². The number of aromatic nitrogens is 2. The first-order valence-corrected chi connectivity index (χ1v) is 4.79. The molecule has 1 aromatic carbocycles. The van der Waals surface area contributed by atoms with Crippen molar-refractivity contribution in [2.45, 2.75) is 20.3 Å². The lowest BCUT2D eigenvalue weighted by Gasteiger charge is -2.04. The van der Waals surface area contributed by atoms with Crippen molar-refractivity contribution in [2.24, 2.45) is 0 Å². The van der Waals surface area contributed by atoms with E-state index in [9.17, 15) is 0 Å². The first-order chi connectivity index (χ1) is 6.75. The van der Waals surface area contributed by atoms with Gasteiger partial charge in [-0.25, -0.2) is 4.98 Å². The summed E-state index contributed by atoms with van der Waals surface area (Å²) < 4.78 is 0. The van der Waals surface area contributed by atoms with E-state index in [1.807, 2.05) is 6.20 Å². The highest BCUT2D eigenvalue weighted by Crippen LogP contribution is 2.13. The fraction of sp³-hybridized carbons (Fsp3) is 0.250. The number of H-pyrrole nitrogens is 1. The van der Waals surface area contributed by atoms with Crippen LogP contribution in [0.2, 0.25) is 0 Å². The molecule has 1 aromatic heterocycles. The van der Waals surface area contributed by atoms with Gasteiger partial charge < -0.3 is 4.98 Å². The zero-order valence-corrected chi connectivity index (χ0v) is 9.77. The molecule has 1 N–H and O–H groups in total. The van der Waals surface area contributed by atoms with E-state index in [0.717, 1.165) is 12.1 Å². The monoisotopic (exact) mass is 222 g/mol. The number of nitrogens with one attached hydrogen (secondary N) is 1. The highest BCUT2D eigenvalue weighted by Gasteiger charge is 2.00. The molecular weight excluding hydrogens is 208 g/mol. The summed E-state index contributed by atoms with van der Waals surface area (Å²) in [5.74, 6) is 0. The topological polar surface area (TPSA) is 28.7 Å². The summed E-state index contributed by atoms with van der Waals surface area (Å²) in [4.78, 5) is 7.13. The van der Waals surface area contributed by atoms with Crippen LogP contribution in [0.25, 0.3) is 0 Å². The molecule has 0 aliphatic heterocycles. The Kier molecular flexibility index (Phi) is 3.92. The van der Waals surface area contributed by atoms with Crippen LogP contribution in [0, 0.1) is 13.8 Å². The molecule has 0 saturated heterocycles. The van der Waals surface area contributed by atoms with Crippen LogP contribution in [0.5, 0.6) is 0 Å². The molecule has 0 aliphatic rings. The summed E-state index contributed by atoms with van der Waals surface area (Å²) in [6, 6.07) is 6.55. The number of hydrogen-bond acceptors (Lipinski definition) is 1. The van der Waals surface area contributed by atoms with E-state index in [4.69, 9.17) is 0 Å². The van der Waals surface area contributed by atoms with E-state index in [-0.39, 0.29) is 12.4 Å². The van der Waals surface area contributed by atoms with Crippen LogP contribution < -0.4 is 0 Å². The Bertz CT molecular complexity index is 421. The Morgan fingerprint density at radius 2 is 2.07 bits per heavy atom. The molecule has 3 heteroatoms. The van der Waals surface area contributed by atoms with Gasteiger partial charge in [-0.2, -0.15) is 0 Å². The molecule has 0 saturated carbocycles. The van der Waals surface area contributed by atoms with Crippen molar-refractivity contribution in [1.82, 2.24) is 9.97 Å². The van der Waals surface area contributed by atoms with Crippen molar-refractivity contribution in [3.63, 3.8) is 0 Å². The summed E-state index contributed by atoms with van der Waals surface area (Å²) in [5, 5.41) is 0. The van der Waals surface area contributed by atoms with Crippen LogP contribution in [0.4, 0.5) is 0 Å². The van der Waals surface area contributed by atoms with Crippen LogP contribution >= 0.6 is 12.4 Å². The summed E-state index contributed by atoms with van der Waals surface area (Å²) in [7, 11) is 0. The Labute approximate surface area is 96.2 Å². The van der Waals surface area contributed by atoms with Crippen LogP contribution in [0.3, 0.4) is 0 Å². The molecule has 1 heterocycles. The molecule has 0 fully saturated rings. The van der Waals surface area contributed by atoms with Crippen molar-refractivity contribution < 1.29 is 0 Å². The van der Waals surface area contributed by atoms with Gasteiger partial charge in [0, 0.05) is 18.3 Å². The van der Waals surface area contributed by atoms with E-state index in [1.54, 1.807) is 6.33 Å². The molecule has 2 rings (SSSR count). The van der Waals surface area contributed by atoms with Gasteiger partial charge in [0.25, 0.3) is 0 Å². The summed E-state index contributed by atoms with van der Waals surface area (Å²) >= 11 is 0. The van der Waals surface area contributed by atoms with Crippen molar-refractivity contribution >= 4 is 12.4 Å².